The molecule has 1 unspecified atom stereocenters. The predicted octanol–water partition coefficient (Wildman–Crippen LogP) is 2.12. The molecule has 1 aromatic rings. The molecule has 5 heteroatoms. The van der Waals surface area contributed by atoms with Gasteiger partial charge in [-0.1, -0.05) is 0 Å². The van der Waals surface area contributed by atoms with Crippen molar-refractivity contribution in [1.82, 2.24) is 5.43 Å². The molecule has 0 radical (unpaired) electrons. The summed E-state index contributed by atoms with van der Waals surface area (Å²) in [6, 6.07) is 1.77. The van der Waals surface area contributed by atoms with Crippen molar-refractivity contribution in [3.8, 4) is 0 Å². The molecule has 0 bridgehead atoms. The Morgan fingerprint density at radius 3 is 2.73 bits per heavy atom. The first-order valence-corrected chi connectivity index (χ1v) is 5.77. The molecule has 0 saturated heterocycles. The molecule has 0 aromatic carbocycles. The van der Waals surface area contributed by atoms with Gasteiger partial charge in [0.05, 0.1) is 16.3 Å². The summed E-state index contributed by atoms with van der Waals surface area (Å²) in [6.07, 6.45) is 4.83. The molecule has 2 rings (SSSR count). The molecule has 1 atom stereocenters. The number of halogens is 1. The minimum absolute atomic E-state index is 0.0966. The molecule has 15 heavy (non-hydrogen) atoms. The zero-order valence-electron chi connectivity index (χ0n) is 8.63. The fraction of sp³-hybridized carbons (Fsp3) is 0.600. The highest BCUT2D eigenvalue weighted by Gasteiger charge is 2.46. The number of nitrogens with two attached hydrogens (primary N) is 1. The van der Waals surface area contributed by atoms with Crippen LogP contribution < -0.4 is 11.3 Å². The molecule has 1 saturated carbocycles. The van der Waals surface area contributed by atoms with Crippen molar-refractivity contribution in [2.24, 2.45) is 5.84 Å². The SMILES string of the molecule is COC1(C(NN)c2occc2Br)CCC1. The van der Waals surface area contributed by atoms with Gasteiger partial charge in [0, 0.05) is 7.11 Å². The van der Waals surface area contributed by atoms with Crippen LogP contribution in [0.25, 0.3) is 0 Å². The normalized spacial score (nSPS) is 21.0. The summed E-state index contributed by atoms with van der Waals surface area (Å²) < 4.78 is 11.9. The monoisotopic (exact) mass is 274 g/mol. The van der Waals surface area contributed by atoms with Gasteiger partial charge in [-0.15, -0.1) is 0 Å². The maximum absolute atomic E-state index is 5.59. The second-order valence-electron chi connectivity index (χ2n) is 3.85. The van der Waals surface area contributed by atoms with E-state index in [-0.39, 0.29) is 11.6 Å². The Morgan fingerprint density at radius 1 is 1.67 bits per heavy atom. The number of ether oxygens (including phenoxy) is 1. The van der Waals surface area contributed by atoms with Crippen LogP contribution in [0.1, 0.15) is 31.1 Å². The van der Waals surface area contributed by atoms with Crippen LogP contribution in [0.2, 0.25) is 0 Å². The van der Waals surface area contributed by atoms with Crippen molar-refractivity contribution in [2.75, 3.05) is 7.11 Å². The molecular formula is C10H15BrN2O2. The van der Waals surface area contributed by atoms with E-state index in [2.05, 4.69) is 21.4 Å². The van der Waals surface area contributed by atoms with E-state index in [1.54, 1.807) is 13.4 Å². The highest BCUT2D eigenvalue weighted by molar-refractivity contribution is 9.10. The van der Waals surface area contributed by atoms with Crippen LogP contribution in [0.15, 0.2) is 21.2 Å². The standard InChI is InChI=1S/C10H15BrN2O2/c1-14-10(4-2-5-10)9(13-12)8-7(11)3-6-15-8/h3,6,9,13H,2,4-5,12H2,1H3. The van der Waals surface area contributed by atoms with Crippen molar-refractivity contribution in [2.45, 2.75) is 30.9 Å². The predicted molar refractivity (Wildman–Crippen MR) is 60.1 cm³/mol. The van der Waals surface area contributed by atoms with Gasteiger partial charge < -0.3 is 9.15 Å². The van der Waals surface area contributed by atoms with Crippen LogP contribution in [-0.4, -0.2) is 12.7 Å². The lowest BCUT2D eigenvalue weighted by Gasteiger charge is -2.45. The summed E-state index contributed by atoms with van der Waals surface area (Å²) in [6.45, 7) is 0. The maximum Gasteiger partial charge on any atom is 0.139 e. The Hall–Kier alpha value is -0.360. The van der Waals surface area contributed by atoms with Crippen LogP contribution in [0.4, 0.5) is 0 Å². The molecule has 1 aromatic heterocycles. The van der Waals surface area contributed by atoms with E-state index in [0.29, 0.717) is 0 Å². The molecular weight excluding hydrogens is 260 g/mol. The summed E-state index contributed by atoms with van der Waals surface area (Å²) >= 11 is 3.44. The molecule has 0 spiro atoms. The quantitative estimate of drug-likeness (QED) is 0.652. The molecule has 1 aliphatic rings. The number of hydrogen-bond acceptors (Lipinski definition) is 4. The maximum atomic E-state index is 5.59. The summed E-state index contributed by atoms with van der Waals surface area (Å²) in [5.41, 5.74) is 2.58. The Morgan fingerprint density at radius 2 is 2.40 bits per heavy atom. The van der Waals surface area contributed by atoms with Gasteiger partial charge in [0.15, 0.2) is 0 Å². The Kier molecular flexibility index (Phi) is 3.16. The second kappa shape index (κ2) is 4.25. The molecule has 0 aliphatic heterocycles. The first-order valence-electron chi connectivity index (χ1n) is 4.97. The average Bonchev–Trinajstić information content (AvgIpc) is 2.58. The number of hydrogen-bond donors (Lipinski definition) is 2. The van der Waals surface area contributed by atoms with E-state index in [1.165, 1.54) is 6.42 Å². The molecule has 1 heterocycles. The first-order chi connectivity index (χ1) is 7.23. The molecule has 1 fully saturated rings. The van der Waals surface area contributed by atoms with Crippen LogP contribution in [-0.2, 0) is 4.74 Å². The minimum Gasteiger partial charge on any atom is -0.466 e. The fourth-order valence-corrected chi connectivity index (χ4v) is 2.54. The number of rotatable bonds is 4. The molecule has 4 nitrogen and oxygen atoms in total. The summed E-state index contributed by atoms with van der Waals surface area (Å²) in [5, 5.41) is 0. The summed E-state index contributed by atoms with van der Waals surface area (Å²) in [5.74, 6) is 6.40. The van der Waals surface area contributed by atoms with Crippen LogP contribution >= 0.6 is 15.9 Å². The Bertz CT molecular complexity index is 330. The van der Waals surface area contributed by atoms with Crippen LogP contribution in [0.3, 0.4) is 0 Å². The van der Waals surface area contributed by atoms with Crippen molar-refractivity contribution < 1.29 is 9.15 Å². The van der Waals surface area contributed by atoms with Gasteiger partial charge in [0.2, 0.25) is 0 Å². The van der Waals surface area contributed by atoms with E-state index in [4.69, 9.17) is 15.0 Å². The lowest BCUT2D eigenvalue weighted by atomic mass is 9.74. The largest absolute Gasteiger partial charge is 0.466 e. The van der Waals surface area contributed by atoms with Crippen molar-refractivity contribution in [3.63, 3.8) is 0 Å². The first kappa shape index (κ1) is 11.1. The zero-order valence-corrected chi connectivity index (χ0v) is 10.2. The summed E-state index contributed by atoms with van der Waals surface area (Å²) in [4.78, 5) is 0. The van der Waals surface area contributed by atoms with Gasteiger partial charge in [-0.3, -0.25) is 5.84 Å². The lowest BCUT2D eigenvalue weighted by Crippen LogP contribution is -2.52. The lowest BCUT2D eigenvalue weighted by molar-refractivity contribution is -0.104. The molecule has 1 aliphatic carbocycles. The van der Waals surface area contributed by atoms with Crippen molar-refractivity contribution >= 4 is 15.9 Å². The van der Waals surface area contributed by atoms with Crippen molar-refractivity contribution in [3.05, 3.63) is 22.6 Å². The molecule has 84 valence electrons. The zero-order chi connectivity index (χ0) is 10.9. The van der Waals surface area contributed by atoms with Gasteiger partial charge >= 0.3 is 0 Å². The highest BCUT2D eigenvalue weighted by atomic mass is 79.9. The minimum atomic E-state index is -0.213. The average molecular weight is 275 g/mol. The van der Waals surface area contributed by atoms with E-state index in [9.17, 15) is 0 Å². The third-order valence-electron chi connectivity index (χ3n) is 3.21. The van der Waals surface area contributed by atoms with E-state index in [0.717, 1.165) is 23.1 Å². The third-order valence-corrected chi connectivity index (χ3v) is 3.86. The number of nitrogens with one attached hydrogen (secondary N) is 1. The van der Waals surface area contributed by atoms with Gasteiger partial charge in [0.1, 0.15) is 11.8 Å². The van der Waals surface area contributed by atoms with Gasteiger partial charge in [-0.25, -0.2) is 5.43 Å². The van der Waals surface area contributed by atoms with E-state index < -0.39 is 0 Å². The van der Waals surface area contributed by atoms with Gasteiger partial charge in [0.25, 0.3) is 0 Å². The van der Waals surface area contributed by atoms with Crippen LogP contribution in [0, 0.1) is 0 Å². The van der Waals surface area contributed by atoms with E-state index >= 15 is 0 Å². The Balaban J connectivity index is 2.27. The van der Waals surface area contributed by atoms with Crippen LogP contribution in [0.5, 0.6) is 0 Å². The smallest absolute Gasteiger partial charge is 0.139 e. The third kappa shape index (κ3) is 1.73. The van der Waals surface area contributed by atoms with Gasteiger partial charge in [-0.2, -0.15) is 0 Å². The molecule has 3 N–H and O–H groups in total. The molecule has 0 amide bonds. The summed E-state index contributed by atoms with van der Waals surface area (Å²) in [7, 11) is 1.72. The Labute approximate surface area is 97.3 Å². The van der Waals surface area contributed by atoms with Crippen molar-refractivity contribution in [1.29, 1.82) is 0 Å². The van der Waals surface area contributed by atoms with Gasteiger partial charge in [-0.05, 0) is 41.3 Å². The van der Waals surface area contributed by atoms with E-state index in [1.807, 2.05) is 6.07 Å². The number of hydrazine groups is 1. The highest BCUT2D eigenvalue weighted by Crippen LogP contribution is 2.46. The number of methoxy groups -OCH3 is 1. The number of furan rings is 1. The second-order valence-corrected chi connectivity index (χ2v) is 4.71. The fourth-order valence-electron chi connectivity index (χ4n) is 2.11. The topological polar surface area (TPSA) is 60.4 Å².